The Kier molecular flexibility index (Phi) is 2.99. The molecule has 0 radical (unpaired) electrons. The maximum atomic E-state index is 11.6. The van der Waals surface area contributed by atoms with Gasteiger partial charge < -0.3 is 0 Å². The summed E-state index contributed by atoms with van der Waals surface area (Å²) in [4.78, 5) is 19.3. The zero-order valence-electron chi connectivity index (χ0n) is 9.51. The maximum absolute atomic E-state index is 11.6. The molecule has 0 fully saturated rings. The lowest BCUT2D eigenvalue weighted by atomic mass is 10.5. The van der Waals surface area contributed by atoms with Crippen LogP contribution in [0.3, 0.4) is 0 Å². The fourth-order valence-corrected chi connectivity index (χ4v) is 1.23. The molecule has 2 aromatic heterocycles. The average Bonchev–Trinajstić information content (AvgIpc) is 2.59. The van der Waals surface area contributed by atoms with E-state index in [0.29, 0.717) is 5.82 Å². The van der Waals surface area contributed by atoms with E-state index in [1.54, 1.807) is 36.3 Å². The Bertz CT molecular complexity index is 501. The normalized spacial score (nSPS) is 10.0. The Labute approximate surface area is 97.9 Å². The third-order valence-electron chi connectivity index (χ3n) is 2.15. The Morgan fingerprint density at radius 3 is 2.59 bits per heavy atom. The SMILES string of the molecule is Cc1cc(NC(=O)Nc2ncccn2)nn1C. The van der Waals surface area contributed by atoms with Crippen molar-refractivity contribution in [3.63, 3.8) is 0 Å². The summed E-state index contributed by atoms with van der Waals surface area (Å²) in [5.41, 5.74) is 0.955. The van der Waals surface area contributed by atoms with Gasteiger partial charge in [0, 0.05) is 31.2 Å². The second-order valence-corrected chi connectivity index (χ2v) is 3.45. The van der Waals surface area contributed by atoms with Crippen molar-refractivity contribution >= 4 is 17.8 Å². The summed E-state index contributed by atoms with van der Waals surface area (Å²) in [7, 11) is 1.80. The van der Waals surface area contributed by atoms with E-state index in [1.165, 1.54) is 0 Å². The standard InChI is InChI=1S/C10H12N6O/c1-7-6-8(15-16(7)2)13-10(17)14-9-11-4-3-5-12-9/h3-6H,1-2H3,(H2,11,12,13,14,15,17). The van der Waals surface area contributed by atoms with E-state index in [0.717, 1.165) is 5.69 Å². The van der Waals surface area contributed by atoms with E-state index >= 15 is 0 Å². The van der Waals surface area contributed by atoms with Crippen LogP contribution in [0.2, 0.25) is 0 Å². The average molecular weight is 232 g/mol. The van der Waals surface area contributed by atoms with Gasteiger partial charge in [0.15, 0.2) is 5.82 Å². The molecule has 0 atom stereocenters. The van der Waals surface area contributed by atoms with Crippen LogP contribution in [0.15, 0.2) is 24.5 Å². The number of carbonyl (C=O) groups is 1. The van der Waals surface area contributed by atoms with Crippen LogP contribution in [-0.4, -0.2) is 25.8 Å². The zero-order chi connectivity index (χ0) is 12.3. The van der Waals surface area contributed by atoms with Crippen molar-refractivity contribution in [3.05, 3.63) is 30.2 Å². The lowest BCUT2D eigenvalue weighted by Crippen LogP contribution is -2.21. The molecule has 0 aliphatic carbocycles. The van der Waals surface area contributed by atoms with Crippen molar-refractivity contribution in [1.29, 1.82) is 0 Å². The zero-order valence-corrected chi connectivity index (χ0v) is 9.51. The molecule has 0 unspecified atom stereocenters. The molecule has 0 bridgehead atoms. The largest absolute Gasteiger partial charge is 0.327 e. The lowest BCUT2D eigenvalue weighted by molar-refractivity contribution is 0.262. The summed E-state index contributed by atoms with van der Waals surface area (Å²) >= 11 is 0. The van der Waals surface area contributed by atoms with Crippen molar-refractivity contribution < 1.29 is 4.79 Å². The van der Waals surface area contributed by atoms with Crippen LogP contribution in [0.4, 0.5) is 16.6 Å². The van der Waals surface area contributed by atoms with Crippen LogP contribution in [0.25, 0.3) is 0 Å². The summed E-state index contributed by atoms with van der Waals surface area (Å²) in [5.74, 6) is 0.732. The first kappa shape index (κ1) is 11.1. The Hall–Kier alpha value is -2.44. The molecule has 2 heterocycles. The molecule has 0 aromatic carbocycles. The maximum Gasteiger partial charge on any atom is 0.327 e. The highest BCUT2D eigenvalue weighted by atomic mass is 16.2. The van der Waals surface area contributed by atoms with Crippen molar-refractivity contribution in [2.45, 2.75) is 6.92 Å². The molecular formula is C10H12N6O. The first-order chi connectivity index (χ1) is 8.15. The third kappa shape index (κ3) is 2.77. The number of carbonyl (C=O) groups excluding carboxylic acids is 1. The number of amides is 2. The summed E-state index contributed by atoms with van der Waals surface area (Å²) in [6.07, 6.45) is 3.10. The second kappa shape index (κ2) is 4.60. The highest BCUT2D eigenvalue weighted by Gasteiger charge is 2.07. The Morgan fingerprint density at radius 1 is 1.29 bits per heavy atom. The molecule has 2 rings (SSSR count). The lowest BCUT2D eigenvalue weighted by Gasteiger charge is -2.02. The first-order valence-electron chi connectivity index (χ1n) is 5.01. The molecule has 2 amide bonds. The minimum Gasteiger partial charge on any atom is -0.291 e. The number of hydrogen-bond acceptors (Lipinski definition) is 4. The fraction of sp³-hybridized carbons (Fsp3) is 0.200. The van der Waals surface area contributed by atoms with Crippen molar-refractivity contribution in [1.82, 2.24) is 19.7 Å². The van der Waals surface area contributed by atoms with Gasteiger partial charge in [0.1, 0.15) is 0 Å². The molecule has 7 heteroatoms. The fourth-order valence-electron chi connectivity index (χ4n) is 1.23. The number of hydrogen-bond donors (Lipinski definition) is 2. The molecule has 0 aliphatic heterocycles. The minimum absolute atomic E-state index is 0.248. The van der Waals surface area contributed by atoms with Crippen LogP contribution >= 0.6 is 0 Å². The van der Waals surface area contributed by atoms with Crippen LogP contribution in [-0.2, 0) is 7.05 Å². The monoisotopic (exact) mass is 232 g/mol. The molecule has 17 heavy (non-hydrogen) atoms. The number of urea groups is 1. The van der Waals surface area contributed by atoms with Crippen LogP contribution in [0.1, 0.15) is 5.69 Å². The Balaban J connectivity index is 1.98. The quantitative estimate of drug-likeness (QED) is 0.813. The highest BCUT2D eigenvalue weighted by molar-refractivity contribution is 5.97. The topological polar surface area (TPSA) is 84.7 Å². The molecule has 2 N–H and O–H groups in total. The van der Waals surface area contributed by atoms with Gasteiger partial charge in [-0.3, -0.25) is 15.3 Å². The molecule has 88 valence electrons. The van der Waals surface area contributed by atoms with E-state index in [-0.39, 0.29) is 5.95 Å². The molecule has 2 aromatic rings. The van der Waals surface area contributed by atoms with Crippen LogP contribution < -0.4 is 10.6 Å². The summed E-state index contributed by atoms with van der Waals surface area (Å²) < 4.78 is 1.68. The van der Waals surface area contributed by atoms with Crippen molar-refractivity contribution in [2.75, 3.05) is 10.6 Å². The van der Waals surface area contributed by atoms with Crippen molar-refractivity contribution in [3.8, 4) is 0 Å². The minimum atomic E-state index is -0.422. The van der Waals surface area contributed by atoms with Gasteiger partial charge in [-0.1, -0.05) is 0 Å². The van der Waals surface area contributed by atoms with Gasteiger partial charge in [0.05, 0.1) is 0 Å². The predicted molar refractivity (Wildman–Crippen MR) is 62.6 cm³/mol. The highest BCUT2D eigenvalue weighted by Crippen LogP contribution is 2.07. The number of anilines is 2. The van der Waals surface area contributed by atoms with Crippen molar-refractivity contribution in [2.24, 2.45) is 7.05 Å². The number of nitrogens with one attached hydrogen (secondary N) is 2. The van der Waals surface area contributed by atoms with Gasteiger partial charge >= 0.3 is 6.03 Å². The smallest absolute Gasteiger partial charge is 0.291 e. The third-order valence-corrected chi connectivity index (χ3v) is 2.15. The van der Waals surface area contributed by atoms with E-state index in [4.69, 9.17) is 0 Å². The molecule has 0 aliphatic rings. The molecule has 0 spiro atoms. The summed E-state index contributed by atoms with van der Waals surface area (Å²) in [6, 6.07) is 3.02. The summed E-state index contributed by atoms with van der Waals surface area (Å²) in [5, 5.41) is 9.18. The number of rotatable bonds is 2. The van der Waals surface area contributed by atoms with Crippen LogP contribution in [0, 0.1) is 6.92 Å². The van der Waals surface area contributed by atoms with E-state index in [2.05, 4.69) is 25.7 Å². The van der Waals surface area contributed by atoms with Gasteiger partial charge in [0.2, 0.25) is 5.95 Å². The first-order valence-corrected chi connectivity index (χ1v) is 5.01. The Morgan fingerprint density at radius 2 is 2.00 bits per heavy atom. The van der Waals surface area contributed by atoms with Gasteiger partial charge in [-0.15, -0.1) is 0 Å². The van der Waals surface area contributed by atoms with Gasteiger partial charge in [-0.2, -0.15) is 5.10 Å². The molecular weight excluding hydrogens is 220 g/mol. The van der Waals surface area contributed by atoms with E-state index < -0.39 is 6.03 Å². The van der Waals surface area contributed by atoms with E-state index in [1.807, 2.05) is 6.92 Å². The van der Waals surface area contributed by atoms with Gasteiger partial charge in [-0.25, -0.2) is 14.8 Å². The van der Waals surface area contributed by atoms with Crippen LogP contribution in [0.5, 0.6) is 0 Å². The van der Waals surface area contributed by atoms with Gasteiger partial charge in [-0.05, 0) is 13.0 Å². The summed E-state index contributed by atoms with van der Waals surface area (Å²) in [6.45, 7) is 1.90. The second-order valence-electron chi connectivity index (χ2n) is 3.45. The number of aromatic nitrogens is 4. The molecule has 0 saturated heterocycles. The molecule has 7 nitrogen and oxygen atoms in total. The van der Waals surface area contributed by atoms with E-state index in [9.17, 15) is 4.79 Å². The number of nitrogens with zero attached hydrogens (tertiary/aromatic N) is 4. The van der Waals surface area contributed by atoms with Gasteiger partial charge in [0.25, 0.3) is 0 Å². The predicted octanol–water partition coefficient (Wildman–Crippen LogP) is 1.16. The molecule has 0 saturated carbocycles. The number of aryl methyl sites for hydroxylation is 2.